The summed E-state index contributed by atoms with van der Waals surface area (Å²) in [5.74, 6) is -2.51. The third-order valence-electron chi connectivity index (χ3n) is 3.94. The van der Waals surface area contributed by atoms with E-state index in [1.165, 1.54) is 19.2 Å². The third-order valence-corrected chi connectivity index (χ3v) is 3.94. The maximum atomic E-state index is 13.9. The van der Waals surface area contributed by atoms with Gasteiger partial charge in [0, 0.05) is 23.7 Å². The van der Waals surface area contributed by atoms with Crippen molar-refractivity contribution in [2.45, 2.75) is 26.4 Å². The molecule has 0 aliphatic rings. The molecule has 10 heteroatoms. The van der Waals surface area contributed by atoms with Crippen LogP contribution in [0.15, 0.2) is 35.3 Å². The Kier molecular flexibility index (Phi) is 5.83. The van der Waals surface area contributed by atoms with Gasteiger partial charge in [-0.2, -0.15) is 4.98 Å². The maximum Gasteiger partial charge on any atom is 0.295 e. The van der Waals surface area contributed by atoms with Crippen molar-refractivity contribution in [3.63, 3.8) is 0 Å². The first-order valence-electron chi connectivity index (χ1n) is 8.69. The van der Waals surface area contributed by atoms with Crippen LogP contribution in [0, 0.1) is 11.6 Å². The Balaban J connectivity index is 2.12. The van der Waals surface area contributed by atoms with E-state index in [1.54, 1.807) is 6.92 Å². The Labute approximate surface area is 163 Å². The minimum absolute atomic E-state index is 0.155. The smallest absolute Gasteiger partial charge is 0.295 e. The molecular formula is C19H18F2N4O4. The number of benzene rings is 1. The Morgan fingerprint density at radius 1 is 1.31 bits per heavy atom. The van der Waals surface area contributed by atoms with Crippen LogP contribution in [0.2, 0.25) is 0 Å². The number of halogens is 2. The Morgan fingerprint density at radius 3 is 2.72 bits per heavy atom. The SMILES string of the molecule is CC(=O)Cn1c(=O)c(Oc2ccc(F)cc2F)cc2cnc(N[C@@H](C)CO)nc21. The summed E-state index contributed by atoms with van der Waals surface area (Å²) in [5, 5.41) is 12.4. The van der Waals surface area contributed by atoms with Gasteiger partial charge in [0.2, 0.25) is 5.95 Å². The van der Waals surface area contributed by atoms with Crippen molar-refractivity contribution in [2.24, 2.45) is 0 Å². The van der Waals surface area contributed by atoms with Crippen molar-refractivity contribution in [1.82, 2.24) is 14.5 Å². The average molecular weight is 404 g/mol. The summed E-state index contributed by atoms with van der Waals surface area (Å²) in [6.07, 6.45) is 1.40. The van der Waals surface area contributed by atoms with E-state index in [0.717, 1.165) is 16.7 Å². The zero-order valence-corrected chi connectivity index (χ0v) is 15.6. The fraction of sp³-hybridized carbons (Fsp3) is 0.263. The molecular weight excluding hydrogens is 386 g/mol. The van der Waals surface area contributed by atoms with E-state index in [4.69, 9.17) is 9.84 Å². The number of hydrogen-bond acceptors (Lipinski definition) is 7. The van der Waals surface area contributed by atoms with Gasteiger partial charge in [0.1, 0.15) is 17.2 Å². The van der Waals surface area contributed by atoms with Crippen molar-refractivity contribution in [2.75, 3.05) is 11.9 Å². The average Bonchev–Trinajstić information content (AvgIpc) is 2.67. The molecule has 3 aromatic rings. The number of aromatic nitrogens is 3. The highest BCUT2D eigenvalue weighted by molar-refractivity contribution is 5.81. The summed E-state index contributed by atoms with van der Waals surface area (Å²) >= 11 is 0. The number of ketones is 1. The van der Waals surface area contributed by atoms with E-state index in [0.29, 0.717) is 11.5 Å². The molecule has 0 aliphatic carbocycles. The second kappa shape index (κ2) is 8.31. The number of carbonyl (C=O) groups excluding carboxylic acids is 1. The van der Waals surface area contributed by atoms with Gasteiger partial charge in [0.25, 0.3) is 5.56 Å². The number of aliphatic hydroxyl groups is 1. The zero-order valence-electron chi connectivity index (χ0n) is 15.6. The van der Waals surface area contributed by atoms with Crippen molar-refractivity contribution < 1.29 is 23.4 Å². The number of Topliss-reactive ketones (excluding diaryl/α,β-unsaturated/α-hetero) is 1. The number of nitrogens with zero attached hydrogens (tertiary/aromatic N) is 3. The van der Waals surface area contributed by atoms with Crippen LogP contribution in [-0.4, -0.2) is 38.1 Å². The van der Waals surface area contributed by atoms with E-state index in [9.17, 15) is 18.4 Å². The first-order chi connectivity index (χ1) is 13.8. The number of hydrogen-bond donors (Lipinski definition) is 2. The largest absolute Gasteiger partial charge is 0.448 e. The van der Waals surface area contributed by atoms with Gasteiger partial charge in [-0.05, 0) is 32.0 Å². The Bertz CT molecular complexity index is 1130. The molecule has 29 heavy (non-hydrogen) atoms. The van der Waals surface area contributed by atoms with Gasteiger partial charge >= 0.3 is 0 Å². The number of rotatable bonds is 7. The second-order valence-corrected chi connectivity index (χ2v) is 6.48. The second-order valence-electron chi connectivity index (χ2n) is 6.48. The lowest BCUT2D eigenvalue weighted by Gasteiger charge is -2.14. The first kappa shape index (κ1) is 20.3. The quantitative estimate of drug-likeness (QED) is 0.622. The molecule has 0 saturated carbocycles. The molecule has 3 rings (SSSR count). The van der Waals surface area contributed by atoms with Gasteiger partial charge in [0.05, 0.1) is 13.2 Å². The molecule has 0 spiro atoms. The van der Waals surface area contributed by atoms with Gasteiger partial charge in [0.15, 0.2) is 17.3 Å². The minimum atomic E-state index is -0.976. The summed E-state index contributed by atoms with van der Waals surface area (Å²) in [5.41, 5.74) is -0.545. The number of pyridine rings is 1. The molecule has 0 bridgehead atoms. The lowest BCUT2D eigenvalue weighted by atomic mass is 10.3. The number of fused-ring (bicyclic) bond motifs is 1. The molecule has 8 nitrogen and oxygen atoms in total. The van der Waals surface area contributed by atoms with E-state index in [-0.39, 0.29) is 48.1 Å². The molecule has 2 N–H and O–H groups in total. The van der Waals surface area contributed by atoms with E-state index < -0.39 is 17.2 Å². The summed E-state index contributed by atoms with van der Waals surface area (Å²) in [4.78, 5) is 32.9. The lowest BCUT2D eigenvalue weighted by molar-refractivity contribution is -0.117. The van der Waals surface area contributed by atoms with Crippen LogP contribution in [0.4, 0.5) is 14.7 Å². The molecule has 0 radical (unpaired) electrons. The van der Waals surface area contributed by atoms with Crippen LogP contribution in [0.5, 0.6) is 11.5 Å². The van der Waals surface area contributed by atoms with Gasteiger partial charge < -0.3 is 15.2 Å². The van der Waals surface area contributed by atoms with Crippen LogP contribution < -0.4 is 15.6 Å². The highest BCUT2D eigenvalue weighted by atomic mass is 19.1. The lowest BCUT2D eigenvalue weighted by Crippen LogP contribution is -2.26. The molecule has 2 aromatic heterocycles. The Morgan fingerprint density at radius 2 is 2.07 bits per heavy atom. The van der Waals surface area contributed by atoms with E-state index >= 15 is 0 Å². The highest BCUT2D eigenvalue weighted by Gasteiger charge is 2.17. The minimum Gasteiger partial charge on any atom is -0.448 e. The molecule has 2 heterocycles. The van der Waals surface area contributed by atoms with Crippen molar-refractivity contribution >= 4 is 22.8 Å². The molecule has 0 amide bonds. The zero-order chi connectivity index (χ0) is 21.1. The molecule has 0 aliphatic heterocycles. The molecule has 1 atom stereocenters. The molecule has 1 aromatic carbocycles. The summed E-state index contributed by atoms with van der Waals surface area (Å²) < 4.78 is 33.5. The molecule has 152 valence electrons. The van der Waals surface area contributed by atoms with E-state index in [1.807, 2.05) is 0 Å². The number of anilines is 1. The monoisotopic (exact) mass is 404 g/mol. The fourth-order valence-corrected chi connectivity index (χ4v) is 2.59. The molecule has 0 saturated heterocycles. The van der Waals surface area contributed by atoms with Crippen LogP contribution in [0.1, 0.15) is 13.8 Å². The summed E-state index contributed by atoms with van der Waals surface area (Å²) in [6.45, 7) is 2.58. The number of ether oxygens (including phenoxy) is 1. The molecule has 0 fully saturated rings. The van der Waals surface area contributed by atoms with Crippen molar-refractivity contribution in [3.8, 4) is 11.5 Å². The van der Waals surface area contributed by atoms with Crippen LogP contribution >= 0.6 is 0 Å². The van der Waals surface area contributed by atoms with Crippen LogP contribution in [-0.2, 0) is 11.3 Å². The third kappa shape index (κ3) is 4.54. The van der Waals surface area contributed by atoms with Crippen LogP contribution in [0.3, 0.4) is 0 Å². The standard InChI is InChI=1S/C19H18F2N4O4/c1-10(9-26)23-19-22-7-12-5-16(29-15-4-3-13(20)6-14(15)21)18(28)25(8-11(2)27)17(12)24-19/h3-7,10,26H,8-9H2,1-2H3,(H,22,23,24)/t10-/m0/s1. The maximum absolute atomic E-state index is 13.9. The normalized spacial score (nSPS) is 12.0. The number of carbonyl (C=O) groups is 1. The van der Waals surface area contributed by atoms with Crippen molar-refractivity contribution in [3.05, 3.63) is 52.5 Å². The number of nitrogens with one attached hydrogen (secondary N) is 1. The predicted octanol–water partition coefficient (Wildman–Crippen LogP) is 2.24. The Hall–Kier alpha value is -3.40. The van der Waals surface area contributed by atoms with Gasteiger partial charge in [-0.3, -0.25) is 14.2 Å². The summed E-state index contributed by atoms with van der Waals surface area (Å²) in [6, 6.07) is 3.68. The topological polar surface area (TPSA) is 106 Å². The van der Waals surface area contributed by atoms with Gasteiger partial charge in [-0.15, -0.1) is 0 Å². The highest BCUT2D eigenvalue weighted by Crippen LogP contribution is 2.25. The summed E-state index contributed by atoms with van der Waals surface area (Å²) in [7, 11) is 0. The fourth-order valence-electron chi connectivity index (χ4n) is 2.59. The van der Waals surface area contributed by atoms with Crippen LogP contribution in [0.25, 0.3) is 11.0 Å². The number of aliphatic hydroxyl groups excluding tert-OH is 1. The van der Waals surface area contributed by atoms with E-state index in [2.05, 4.69) is 15.3 Å². The van der Waals surface area contributed by atoms with Crippen molar-refractivity contribution in [1.29, 1.82) is 0 Å². The van der Waals surface area contributed by atoms with Gasteiger partial charge in [-0.1, -0.05) is 0 Å². The first-order valence-corrected chi connectivity index (χ1v) is 8.69. The van der Waals surface area contributed by atoms with Gasteiger partial charge in [-0.25, -0.2) is 13.8 Å². The predicted molar refractivity (Wildman–Crippen MR) is 101 cm³/mol. The molecule has 0 unspecified atom stereocenters.